The summed E-state index contributed by atoms with van der Waals surface area (Å²) >= 11 is 0. The second kappa shape index (κ2) is 3.54. The Kier molecular flexibility index (Phi) is 2.61. The van der Waals surface area contributed by atoms with Crippen LogP contribution >= 0.6 is 0 Å². The summed E-state index contributed by atoms with van der Waals surface area (Å²) in [7, 11) is 0. The molecule has 0 aliphatic carbocycles. The predicted octanol–water partition coefficient (Wildman–Crippen LogP) is 1.16. The average Bonchev–Trinajstić information content (AvgIpc) is 2.11. The molecule has 0 saturated heterocycles. The van der Waals surface area contributed by atoms with E-state index in [0.29, 0.717) is 5.88 Å². The van der Waals surface area contributed by atoms with E-state index in [0.717, 1.165) is 5.56 Å². The van der Waals surface area contributed by atoms with E-state index in [1.54, 1.807) is 20.0 Å². The Hall–Kier alpha value is -1.76. The van der Waals surface area contributed by atoms with Crippen LogP contribution < -0.4 is 10.5 Å². The Morgan fingerprint density at radius 2 is 2.21 bits per heavy atom. The number of anilines is 1. The van der Waals surface area contributed by atoms with Crippen molar-refractivity contribution in [1.29, 1.82) is 0 Å². The zero-order valence-corrected chi connectivity index (χ0v) is 8.53. The van der Waals surface area contributed by atoms with Gasteiger partial charge in [-0.25, -0.2) is 4.98 Å². The van der Waals surface area contributed by atoms with Gasteiger partial charge in [-0.15, -0.1) is 6.42 Å². The smallest absolute Gasteiger partial charge is 0.223 e. The molecule has 74 valence electrons. The number of rotatable bonds is 2. The summed E-state index contributed by atoms with van der Waals surface area (Å²) in [5, 5.41) is 0. The number of hydrogen-bond donors (Lipinski definition) is 1. The third kappa shape index (κ3) is 2.36. The number of nitrogen functional groups attached to an aromatic ring is 1. The van der Waals surface area contributed by atoms with Crippen LogP contribution in [0.15, 0.2) is 6.20 Å². The molecule has 0 radical (unpaired) electrons. The topological polar surface area (TPSA) is 61.0 Å². The second-order valence-electron chi connectivity index (χ2n) is 3.47. The molecule has 0 saturated carbocycles. The van der Waals surface area contributed by atoms with Crippen LogP contribution in [-0.2, 0) is 0 Å². The first kappa shape index (κ1) is 10.3. The summed E-state index contributed by atoms with van der Waals surface area (Å²) in [5.41, 5.74) is 5.55. The van der Waals surface area contributed by atoms with E-state index in [1.807, 2.05) is 6.92 Å². The zero-order chi connectivity index (χ0) is 10.8. The number of aryl methyl sites for hydroxylation is 1. The molecule has 0 aromatic carbocycles. The van der Waals surface area contributed by atoms with Crippen molar-refractivity contribution < 1.29 is 4.74 Å². The summed E-state index contributed by atoms with van der Waals surface area (Å²) in [6.45, 7) is 5.40. The maximum atomic E-state index is 5.50. The standard InChI is InChI=1S/C10H13N3O/c1-5-10(3,4)14-8-7(2)6-12-9(11)13-8/h1,6H,2-4H3,(H2,11,12,13). The molecule has 0 spiro atoms. The quantitative estimate of drug-likeness (QED) is 0.712. The van der Waals surface area contributed by atoms with Gasteiger partial charge < -0.3 is 10.5 Å². The number of hydrogen-bond acceptors (Lipinski definition) is 4. The van der Waals surface area contributed by atoms with E-state index in [-0.39, 0.29) is 5.95 Å². The summed E-state index contributed by atoms with van der Waals surface area (Å²) < 4.78 is 5.50. The Morgan fingerprint density at radius 3 is 2.79 bits per heavy atom. The molecular formula is C10H13N3O. The highest BCUT2D eigenvalue weighted by atomic mass is 16.5. The molecule has 0 unspecified atom stereocenters. The Bertz CT molecular complexity index is 379. The van der Waals surface area contributed by atoms with Crippen LogP contribution in [-0.4, -0.2) is 15.6 Å². The van der Waals surface area contributed by atoms with Crippen molar-refractivity contribution in [3.63, 3.8) is 0 Å². The number of ether oxygens (including phenoxy) is 1. The van der Waals surface area contributed by atoms with Gasteiger partial charge in [0.05, 0.1) is 0 Å². The van der Waals surface area contributed by atoms with E-state index < -0.39 is 5.60 Å². The largest absolute Gasteiger partial charge is 0.458 e. The molecule has 1 aromatic rings. The van der Waals surface area contributed by atoms with Crippen molar-refractivity contribution in [1.82, 2.24) is 9.97 Å². The number of nitrogens with two attached hydrogens (primary N) is 1. The molecule has 2 N–H and O–H groups in total. The van der Waals surface area contributed by atoms with E-state index in [4.69, 9.17) is 16.9 Å². The van der Waals surface area contributed by atoms with Gasteiger partial charge in [0.15, 0.2) is 5.60 Å². The fourth-order valence-corrected chi connectivity index (χ4v) is 0.814. The Balaban J connectivity index is 2.98. The van der Waals surface area contributed by atoms with Gasteiger partial charge in [0, 0.05) is 11.8 Å². The van der Waals surface area contributed by atoms with Gasteiger partial charge >= 0.3 is 0 Å². The number of nitrogens with zero attached hydrogens (tertiary/aromatic N) is 2. The summed E-state index contributed by atoms with van der Waals surface area (Å²) in [4.78, 5) is 7.78. The van der Waals surface area contributed by atoms with Gasteiger partial charge in [0.1, 0.15) is 0 Å². The second-order valence-corrected chi connectivity index (χ2v) is 3.47. The van der Waals surface area contributed by atoms with Crippen molar-refractivity contribution in [3.05, 3.63) is 11.8 Å². The summed E-state index contributed by atoms with van der Waals surface area (Å²) in [5.74, 6) is 3.12. The van der Waals surface area contributed by atoms with Gasteiger partial charge in [-0.05, 0) is 20.8 Å². The summed E-state index contributed by atoms with van der Waals surface area (Å²) in [6, 6.07) is 0. The normalized spacial score (nSPS) is 10.7. The lowest BCUT2D eigenvalue weighted by atomic mass is 10.1. The molecule has 0 atom stereocenters. The van der Waals surface area contributed by atoms with Crippen LogP contribution in [0, 0.1) is 19.3 Å². The van der Waals surface area contributed by atoms with Crippen molar-refractivity contribution in [2.24, 2.45) is 0 Å². The Morgan fingerprint density at radius 1 is 1.57 bits per heavy atom. The first-order valence-electron chi connectivity index (χ1n) is 4.20. The molecule has 0 bridgehead atoms. The summed E-state index contributed by atoms with van der Waals surface area (Å²) in [6.07, 6.45) is 6.89. The first-order chi connectivity index (χ1) is 6.44. The third-order valence-electron chi connectivity index (χ3n) is 1.64. The maximum absolute atomic E-state index is 5.50. The van der Waals surface area contributed by atoms with Crippen molar-refractivity contribution in [3.8, 4) is 18.2 Å². The predicted molar refractivity (Wildman–Crippen MR) is 54.7 cm³/mol. The van der Waals surface area contributed by atoms with Gasteiger partial charge in [0.25, 0.3) is 0 Å². The van der Waals surface area contributed by atoms with Crippen LogP contribution in [0.25, 0.3) is 0 Å². The van der Waals surface area contributed by atoms with Gasteiger partial charge in [-0.3, -0.25) is 0 Å². The van der Waals surface area contributed by atoms with Crippen molar-refractivity contribution >= 4 is 5.95 Å². The van der Waals surface area contributed by atoms with Crippen LogP contribution in [0.5, 0.6) is 5.88 Å². The minimum Gasteiger partial charge on any atom is -0.458 e. The average molecular weight is 191 g/mol. The molecule has 4 nitrogen and oxygen atoms in total. The lowest BCUT2D eigenvalue weighted by Gasteiger charge is -2.20. The highest BCUT2D eigenvalue weighted by Crippen LogP contribution is 2.19. The Labute approximate surface area is 83.5 Å². The van der Waals surface area contributed by atoms with E-state index in [2.05, 4.69) is 15.9 Å². The highest BCUT2D eigenvalue weighted by Gasteiger charge is 2.18. The SMILES string of the molecule is C#CC(C)(C)Oc1nc(N)ncc1C. The fourth-order valence-electron chi connectivity index (χ4n) is 0.814. The lowest BCUT2D eigenvalue weighted by molar-refractivity contribution is 0.163. The molecule has 1 aromatic heterocycles. The molecule has 1 rings (SSSR count). The van der Waals surface area contributed by atoms with Gasteiger partial charge in [0.2, 0.25) is 11.8 Å². The van der Waals surface area contributed by atoms with Gasteiger partial charge in [-0.1, -0.05) is 5.92 Å². The van der Waals surface area contributed by atoms with Gasteiger partial charge in [-0.2, -0.15) is 4.98 Å². The molecule has 14 heavy (non-hydrogen) atoms. The first-order valence-corrected chi connectivity index (χ1v) is 4.20. The molecule has 0 amide bonds. The molecular weight excluding hydrogens is 178 g/mol. The third-order valence-corrected chi connectivity index (χ3v) is 1.64. The molecule has 4 heteroatoms. The van der Waals surface area contributed by atoms with E-state index in [9.17, 15) is 0 Å². The minimum atomic E-state index is -0.689. The highest BCUT2D eigenvalue weighted by molar-refractivity contribution is 5.30. The zero-order valence-electron chi connectivity index (χ0n) is 8.53. The molecule has 1 heterocycles. The maximum Gasteiger partial charge on any atom is 0.223 e. The van der Waals surface area contributed by atoms with Crippen LogP contribution in [0.2, 0.25) is 0 Å². The van der Waals surface area contributed by atoms with Crippen LogP contribution in [0.1, 0.15) is 19.4 Å². The van der Waals surface area contributed by atoms with Crippen LogP contribution in [0.3, 0.4) is 0 Å². The minimum absolute atomic E-state index is 0.179. The van der Waals surface area contributed by atoms with E-state index >= 15 is 0 Å². The van der Waals surface area contributed by atoms with Crippen LogP contribution in [0.4, 0.5) is 5.95 Å². The fraction of sp³-hybridized carbons (Fsp3) is 0.400. The molecule has 0 aliphatic heterocycles. The van der Waals surface area contributed by atoms with Crippen molar-refractivity contribution in [2.45, 2.75) is 26.4 Å². The van der Waals surface area contributed by atoms with Crippen molar-refractivity contribution in [2.75, 3.05) is 5.73 Å². The molecule has 0 fully saturated rings. The number of aromatic nitrogens is 2. The molecule has 0 aliphatic rings. The van der Waals surface area contributed by atoms with E-state index in [1.165, 1.54) is 0 Å². The monoisotopic (exact) mass is 191 g/mol. The lowest BCUT2D eigenvalue weighted by Crippen LogP contribution is -2.26. The number of terminal acetylenes is 1.